The lowest BCUT2D eigenvalue weighted by Crippen LogP contribution is -2.36. The van der Waals surface area contributed by atoms with Crippen LogP contribution in [0.1, 0.15) is 15.2 Å². The SMILES string of the molecule is CN(Cc1ccc(N2CCOCC2)cc1)C(=O)c1cc(-c2ccccc2)c(N2CCOCC2)s1. The third-order valence-corrected chi connectivity index (χ3v) is 7.57. The van der Waals surface area contributed by atoms with Crippen molar-refractivity contribution in [2.75, 3.05) is 69.5 Å². The molecule has 2 aliphatic heterocycles. The average Bonchev–Trinajstić information content (AvgIpc) is 3.36. The molecular weight excluding hydrogens is 446 g/mol. The molecule has 178 valence electrons. The second-order valence-corrected chi connectivity index (χ2v) is 9.75. The Hall–Kier alpha value is -2.87. The number of benzene rings is 2. The molecule has 2 saturated heterocycles. The number of morpholine rings is 2. The van der Waals surface area contributed by atoms with Crippen LogP contribution in [0.25, 0.3) is 11.1 Å². The maximum absolute atomic E-state index is 13.4. The van der Waals surface area contributed by atoms with Crippen molar-refractivity contribution in [1.29, 1.82) is 0 Å². The zero-order valence-corrected chi connectivity index (χ0v) is 20.4. The summed E-state index contributed by atoms with van der Waals surface area (Å²) in [4.78, 5) is 20.7. The van der Waals surface area contributed by atoms with Gasteiger partial charge in [0.15, 0.2) is 0 Å². The lowest BCUT2D eigenvalue weighted by atomic mass is 10.1. The van der Waals surface area contributed by atoms with Crippen LogP contribution in [0.3, 0.4) is 0 Å². The molecule has 0 atom stereocenters. The third kappa shape index (κ3) is 5.12. The Morgan fingerprint density at radius 2 is 1.50 bits per heavy atom. The average molecular weight is 478 g/mol. The lowest BCUT2D eigenvalue weighted by molar-refractivity contribution is 0.0790. The smallest absolute Gasteiger partial charge is 0.264 e. The molecular formula is C27H31N3O3S. The van der Waals surface area contributed by atoms with Crippen LogP contribution in [0.5, 0.6) is 0 Å². The Morgan fingerprint density at radius 3 is 2.15 bits per heavy atom. The van der Waals surface area contributed by atoms with Gasteiger partial charge in [-0.05, 0) is 29.3 Å². The van der Waals surface area contributed by atoms with Gasteiger partial charge in [0.1, 0.15) is 0 Å². The van der Waals surface area contributed by atoms with E-state index in [9.17, 15) is 4.79 Å². The van der Waals surface area contributed by atoms with E-state index in [1.807, 2.05) is 30.1 Å². The largest absolute Gasteiger partial charge is 0.378 e. The second-order valence-electron chi connectivity index (χ2n) is 8.72. The summed E-state index contributed by atoms with van der Waals surface area (Å²) in [5.74, 6) is 0.0546. The van der Waals surface area contributed by atoms with Gasteiger partial charge in [-0.1, -0.05) is 42.5 Å². The zero-order valence-electron chi connectivity index (χ0n) is 19.6. The molecule has 5 rings (SSSR count). The van der Waals surface area contributed by atoms with Gasteiger partial charge >= 0.3 is 0 Å². The summed E-state index contributed by atoms with van der Waals surface area (Å²) >= 11 is 1.59. The number of rotatable bonds is 6. The molecule has 2 aliphatic rings. The number of ether oxygens (including phenoxy) is 2. The van der Waals surface area contributed by atoms with E-state index in [4.69, 9.17) is 9.47 Å². The number of nitrogens with zero attached hydrogens (tertiary/aromatic N) is 3. The van der Waals surface area contributed by atoms with Gasteiger partial charge in [-0.3, -0.25) is 4.79 Å². The maximum atomic E-state index is 13.4. The molecule has 0 unspecified atom stereocenters. The van der Waals surface area contributed by atoms with Crippen molar-refractivity contribution < 1.29 is 14.3 Å². The van der Waals surface area contributed by atoms with Gasteiger partial charge in [0.2, 0.25) is 0 Å². The predicted octanol–water partition coefficient (Wildman–Crippen LogP) is 4.36. The number of carbonyl (C=O) groups is 1. The Kier molecular flexibility index (Phi) is 7.13. The van der Waals surface area contributed by atoms with Crippen LogP contribution < -0.4 is 9.80 Å². The van der Waals surface area contributed by atoms with Crippen LogP contribution in [-0.4, -0.2) is 70.5 Å². The molecule has 2 aromatic carbocycles. The Morgan fingerprint density at radius 1 is 0.882 bits per heavy atom. The van der Waals surface area contributed by atoms with Gasteiger partial charge in [-0.15, -0.1) is 11.3 Å². The van der Waals surface area contributed by atoms with E-state index in [0.717, 1.165) is 79.2 Å². The standard InChI is InChI=1S/C27H31N3O3S/c1-28(20-21-7-9-23(10-8-21)29-11-15-32-16-12-29)26(31)25-19-24(22-5-3-2-4-6-22)27(34-25)30-13-17-33-18-14-30/h2-10,19H,11-18,20H2,1H3. The van der Waals surface area contributed by atoms with Crippen LogP contribution in [-0.2, 0) is 16.0 Å². The van der Waals surface area contributed by atoms with E-state index in [1.165, 1.54) is 5.69 Å². The molecule has 34 heavy (non-hydrogen) atoms. The molecule has 7 heteroatoms. The molecule has 1 aromatic heterocycles. The predicted molar refractivity (Wildman–Crippen MR) is 138 cm³/mol. The van der Waals surface area contributed by atoms with Crippen LogP contribution in [0.15, 0.2) is 60.7 Å². The normalized spacial score (nSPS) is 16.5. The summed E-state index contributed by atoms with van der Waals surface area (Å²) < 4.78 is 11.0. The van der Waals surface area contributed by atoms with Crippen LogP contribution in [0.2, 0.25) is 0 Å². The molecule has 0 N–H and O–H groups in total. The Bertz CT molecular complexity index is 1090. The fourth-order valence-electron chi connectivity index (χ4n) is 4.48. The van der Waals surface area contributed by atoms with Crippen molar-refractivity contribution in [3.63, 3.8) is 0 Å². The minimum atomic E-state index is 0.0546. The second kappa shape index (κ2) is 10.6. The molecule has 6 nitrogen and oxygen atoms in total. The minimum absolute atomic E-state index is 0.0546. The summed E-state index contributed by atoms with van der Waals surface area (Å²) in [6.07, 6.45) is 0. The van der Waals surface area contributed by atoms with E-state index >= 15 is 0 Å². The van der Waals surface area contributed by atoms with Crippen molar-refractivity contribution in [2.24, 2.45) is 0 Å². The quantitative estimate of drug-likeness (QED) is 0.528. The summed E-state index contributed by atoms with van der Waals surface area (Å²) in [7, 11) is 1.88. The van der Waals surface area contributed by atoms with E-state index in [1.54, 1.807) is 11.3 Å². The molecule has 3 heterocycles. The molecule has 2 fully saturated rings. The first-order valence-electron chi connectivity index (χ1n) is 11.9. The summed E-state index contributed by atoms with van der Waals surface area (Å²) in [6.45, 7) is 7.10. The van der Waals surface area contributed by atoms with Crippen molar-refractivity contribution >= 4 is 27.9 Å². The maximum Gasteiger partial charge on any atom is 0.264 e. The van der Waals surface area contributed by atoms with Crippen molar-refractivity contribution in [3.8, 4) is 11.1 Å². The van der Waals surface area contributed by atoms with Crippen molar-refractivity contribution in [2.45, 2.75) is 6.54 Å². The van der Waals surface area contributed by atoms with Gasteiger partial charge in [0.25, 0.3) is 5.91 Å². The zero-order chi connectivity index (χ0) is 23.3. The Labute approximate surface area is 205 Å². The topological polar surface area (TPSA) is 45.2 Å². The van der Waals surface area contributed by atoms with Crippen LogP contribution in [0, 0.1) is 0 Å². The number of hydrogen-bond donors (Lipinski definition) is 0. The lowest BCUT2D eigenvalue weighted by Gasteiger charge is -2.29. The molecule has 0 radical (unpaired) electrons. The number of anilines is 2. The third-order valence-electron chi connectivity index (χ3n) is 6.39. The van der Waals surface area contributed by atoms with E-state index in [0.29, 0.717) is 6.54 Å². The van der Waals surface area contributed by atoms with Gasteiger partial charge in [0, 0.05) is 51.0 Å². The van der Waals surface area contributed by atoms with Crippen LogP contribution in [0.4, 0.5) is 10.7 Å². The highest BCUT2D eigenvalue weighted by atomic mass is 32.1. The Balaban J connectivity index is 1.32. The van der Waals surface area contributed by atoms with Gasteiger partial charge in [0.05, 0.1) is 36.3 Å². The highest BCUT2D eigenvalue weighted by Gasteiger charge is 2.23. The highest BCUT2D eigenvalue weighted by molar-refractivity contribution is 7.18. The molecule has 0 spiro atoms. The summed E-state index contributed by atoms with van der Waals surface area (Å²) in [6, 6.07) is 20.9. The molecule has 0 saturated carbocycles. The summed E-state index contributed by atoms with van der Waals surface area (Å²) in [5, 5.41) is 1.15. The first-order valence-corrected chi connectivity index (χ1v) is 12.7. The van der Waals surface area contributed by atoms with Crippen molar-refractivity contribution in [1.82, 2.24) is 4.90 Å². The van der Waals surface area contributed by atoms with E-state index in [2.05, 4.69) is 52.3 Å². The van der Waals surface area contributed by atoms with Gasteiger partial charge < -0.3 is 24.2 Å². The summed E-state index contributed by atoms with van der Waals surface area (Å²) in [5.41, 5.74) is 4.60. The van der Waals surface area contributed by atoms with E-state index < -0.39 is 0 Å². The van der Waals surface area contributed by atoms with Gasteiger partial charge in [-0.25, -0.2) is 0 Å². The molecule has 0 bridgehead atoms. The molecule has 3 aromatic rings. The molecule has 1 amide bonds. The number of amides is 1. The first kappa shape index (κ1) is 22.9. The van der Waals surface area contributed by atoms with Crippen LogP contribution >= 0.6 is 11.3 Å². The highest BCUT2D eigenvalue weighted by Crippen LogP contribution is 2.40. The molecule has 0 aliphatic carbocycles. The fourth-order valence-corrected chi connectivity index (χ4v) is 5.71. The number of thiophene rings is 1. The first-order chi connectivity index (χ1) is 16.7. The monoisotopic (exact) mass is 477 g/mol. The van der Waals surface area contributed by atoms with E-state index in [-0.39, 0.29) is 5.91 Å². The number of hydrogen-bond acceptors (Lipinski definition) is 6. The number of carbonyl (C=O) groups excluding carboxylic acids is 1. The fraction of sp³-hybridized carbons (Fsp3) is 0.370. The van der Waals surface area contributed by atoms with Gasteiger partial charge in [-0.2, -0.15) is 0 Å². The minimum Gasteiger partial charge on any atom is -0.378 e. The van der Waals surface area contributed by atoms with Crippen molar-refractivity contribution in [3.05, 3.63) is 71.1 Å².